The van der Waals surface area contributed by atoms with Crippen LogP contribution in [-0.4, -0.2) is 16.1 Å². The molecule has 0 aliphatic carbocycles. The molecule has 3 rings (SSSR count). The summed E-state index contributed by atoms with van der Waals surface area (Å²) in [6, 6.07) is 9.39. The van der Waals surface area contributed by atoms with Crippen molar-refractivity contribution in [2.75, 3.05) is 5.32 Å². The Hall–Kier alpha value is -2.89. The summed E-state index contributed by atoms with van der Waals surface area (Å²) in [5.74, 6) is -0.470. The second kappa shape index (κ2) is 5.24. The number of para-hydroxylation sites is 1. The summed E-state index contributed by atoms with van der Waals surface area (Å²) in [7, 11) is 0. The molecule has 2 aromatic heterocycles. The van der Waals surface area contributed by atoms with Crippen molar-refractivity contribution in [2.24, 2.45) is 0 Å². The third-order valence-electron chi connectivity index (χ3n) is 3.05. The number of H-pyrrole nitrogens is 1. The van der Waals surface area contributed by atoms with Gasteiger partial charge in [-0.2, -0.15) is 5.10 Å². The van der Waals surface area contributed by atoms with Crippen LogP contribution in [0.15, 0.2) is 47.1 Å². The number of hydrogen-bond acceptors (Lipinski definition) is 3. The maximum absolute atomic E-state index is 13.6. The van der Waals surface area contributed by atoms with Gasteiger partial charge in [0.25, 0.3) is 5.91 Å². The fourth-order valence-corrected chi connectivity index (χ4v) is 2.05. The van der Waals surface area contributed by atoms with Gasteiger partial charge in [-0.05, 0) is 31.2 Å². The second-order valence-corrected chi connectivity index (χ2v) is 4.48. The third-order valence-corrected chi connectivity index (χ3v) is 3.05. The molecule has 0 aliphatic heterocycles. The normalized spacial score (nSPS) is 10.6. The van der Waals surface area contributed by atoms with Crippen molar-refractivity contribution >= 4 is 11.6 Å². The predicted octanol–water partition coefficient (Wildman–Crippen LogP) is 3.37. The number of furan rings is 1. The molecular weight excluding hydrogens is 273 g/mol. The Morgan fingerprint density at radius 2 is 2.10 bits per heavy atom. The Morgan fingerprint density at radius 3 is 2.81 bits per heavy atom. The highest BCUT2D eigenvalue weighted by Gasteiger charge is 2.21. The number of aromatic amines is 1. The van der Waals surface area contributed by atoms with Crippen LogP contribution in [0.1, 0.15) is 16.1 Å². The first kappa shape index (κ1) is 13.1. The van der Waals surface area contributed by atoms with Gasteiger partial charge in [0.1, 0.15) is 11.5 Å². The summed E-state index contributed by atoms with van der Waals surface area (Å²) >= 11 is 0. The second-order valence-electron chi connectivity index (χ2n) is 4.48. The molecule has 1 aromatic carbocycles. The minimum atomic E-state index is -0.494. The topological polar surface area (TPSA) is 70.9 Å². The molecule has 0 saturated carbocycles. The minimum Gasteiger partial charge on any atom is -0.463 e. The molecule has 0 radical (unpaired) electrons. The molecule has 0 aliphatic rings. The molecule has 2 N–H and O–H groups in total. The molecule has 106 valence electrons. The number of carbonyl (C=O) groups is 1. The average molecular weight is 285 g/mol. The fourth-order valence-electron chi connectivity index (χ4n) is 2.05. The monoisotopic (exact) mass is 285 g/mol. The molecule has 0 fully saturated rings. The van der Waals surface area contributed by atoms with E-state index in [2.05, 4.69) is 15.5 Å². The summed E-state index contributed by atoms with van der Waals surface area (Å²) in [4.78, 5) is 12.4. The standard InChI is InChI=1S/C15H12FN3O2/c1-9-13(14(19-18-9)12-7-4-8-21-12)15(20)17-11-6-3-2-5-10(11)16/h2-8H,1H3,(H,17,20)(H,18,19). The number of carbonyl (C=O) groups excluding carboxylic acids is 1. The maximum Gasteiger partial charge on any atom is 0.259 e. The van der Waals surface area contributed by atoms with Crippen LogP contribution in [-0.2, 0) is 0 Å². The first-order chi connectivity index (χ1) is 10.2. The van der Waals surface area contributed by atoms with Crippen molar-refractivity contribution in [1.29, 1.82) is 0 Å². The van der Waals surface area contributed by atoms with Crippen molar-refractivity contribution in [1.82, 2.24) is 10.2 Å². The quantitative estimate of drug-likeness (QED) is 0.775. The van der Waals surface area contributed by atoms with E-state index in [-0.39, 0.29) is 5.69 Å². The van der Waals surface area contributed by atoms with E-state index < -0.39 is 11.7 Å². The van der Waals surface area contributed by atoms with E-state index in [0.717, 1.165) is 0 Å². The van der Waals surface area contributed by atoms with Crippen LogP contribution < -0.4 is 5.32 Å². The number of nitrogens with zero attached hydrogens (tertiary/aromatic N) is 1. The van der Waals surface area contributed by atoms with Crippen LogP contribution >= 0.6 is 0 Å². The summed E-state index contributed by atoms with van der Waals surface area (Å²) in [6.45, 7) is 1.72. The zero-order valence-corrected chi connectivity index (χ0v) is 11.2. The van der Waals surface area contributed by atoms with Gasteiger partial charge in [-0.25, -0.2) is 4.39 Å². The minimum absolute atomic E-state index is 0.119. The van der Waals surface area contributed by atoms with Crippen LogP contribution in [0.25, 0.3) is 11.5 Å². The summed E-state index contributed by atoms with van der Waals surface area (Å²) < 4.78 is 18.9. The van der Waals surface area contributed by atoms with Gasteiger partial charge in [0.15, 0.2) is 5.76 Å². The van der Waals surface area contributed by atoms with E-state index in [4.69, 9.17) is 4.42 Å². The van der Waals surface area contributed by atoms with Gasteiger partial charge < -0.3 is 9.73 Å². The SMILES string of the molecule is Cc1[nH]nc(-c2ccco2)c1C(=O)Nc1ccccc1F. The molecule has 1 amide bonds. The Labute approximate surface area is 119 Å². The molecule has 0 bridgehead atoms. The van der Waals surface area contributed by atoms with Crippen LogP contribution in [0, 0.1) is 12.7 Å². The average Bonchev–Trinajstić information content (AvgIpc) is 3.10. The summed E-state index contributed by atoms with van der Waals surface area (Å²) in [6.07, 6.45) is 1.50. The highest BCUT2D eigenvalue weighted by Crippen LogP contribution is 2.25. The lowest BCUT2D eigenvalue weighted by Crippen LogP contribution is -2.14. The zero-order valence-electron chi connectivity index (χ0n) is 11.2. The van der Waals surface area contributed by atoms with Gasteiger partial charge in [0.2, 0.25) is 0 Å². The molecule has 0 spiro atoms. The highest BCUT2D eigenvalue weighted by molar-refractivity contribution is 6.08. The molecule has 21 heavy (non-hydrogen) atoms. The molecule has 0 saturated heterocycles. The van der Waals surface area contributed by atoms with Crippen molar-refractivity contribution < 1.29 is 13.6 Å². The van der Waals surface area contributed by atoms with E-state index >= 15 is 0 Å². The van der Waals surface area contributed by atoms with Gasteiger partial charge in [0, 0.05) is 5.69 Å². The Kier molecular flexibility index (Phi) is 3.27. The van der Waals surface area contributed by atoms with Gasteiger partial charge in [-0.1, -0.05) is 12.1 Å². The Bertz CT molecular complexity index is 778. The molecule has 2 heterocycles. The third kappa shape index (κ3) is 2.43. The van der Waals surface area contributed by atoms with Crippen LogP contribution in [0.3, 0.4) is 0 Å². The number of hydrogen-bond donors (Lipinski definition) is 2. The van der Waals surface area contributed by atoms with E-state index in [1.807, 2.05) is 0 Å². The Balaban J connectivity index is 1.96. The van der Waals surface area contributed by atoms with Crippen LogP contribution in [0.5, 0.6) is 0 Å². The van der Waals surface area contributed by atoms with Crippen molar-refractivity contribution in [3.8, 4) is 11.5 Å². The number of aromatic nitrogens is 2. The number of anilines is 1. The van der Waals surface area contributed by atoms with E-state index in [1.54, 1.807) is 31.2 Å². The smallest absolute Gasteiger partial charge is 0.259 e. The molecular formula is C15H12FN3O2. The number of aryl methyl sites for hydroxylation is 1. The molecule has 3 aromatic rings. The number of halogens is 1. The van der Waals surface area contributed by atoms with E-state index in [9.17, 15) is 9.18 Å². The van der Waals surface area contributed by atoms with Crippen molar-refractivity contribution in [3.05, 3.63) is 59.7 Å². The number of amides is 1. The first-order valence-corrected chi connectivity index (χ1v) is 6.31. The number of benzene rings is 1. The fraction of sp³-hybridized carbons (Fsp3) is 0.0667. The lowest BCUT2D eigenvalue weighted by atomic mass is 10.1. The lowest BCUT2D eigenvalue weighted by Gasteiger charge is -2.06. The Morgan fingerprint density at radius 1 is 1.29 bits per heavy atom. The first-order valence-electron chi connectivity index (χ1n) is 6.31. The number of nitrogens with one attached hydrogen (secondary N) is 2. The van der Waals surface area contributed by atoms with Crippen LogP contribution in [0.2, 0.25) is 0 Å². The van der Waals surface area contributed by atoms with Gasteiger partial charge >= 0.3 is 0 Å². The van der Waals surface area contributed by atoms with Gasteiger partial charge in [0.05, 0.1) is 17.5 Å². The molecule has 0 atom stereocenters. The van der Waals surface area contributed by atoms with Crippen molar-refractivity contribution in [3.63, 3.8) is 0 Å². The van der Waals surface area contributed by atoms with E-state index in [1.165, 1.54) is 18.4 Å². The lowest BCUT2D eigenvalue weighted by molar-refractivity contribution is 0.102. The number of rotatable bonds is 3. The van der Waals surface area contributed by atoms with Crippen LogP contribution in [0.4, 0.5) is 10.1 Å². The summed E-state index contributed by atoms with van der Waals surface area (Å²) in [5, 5.41) is 9.35. The largest absolute Gasteiger partial charge is 0.463 e. The zero-order chi connectivity index (χ0) is 14.8. The molecule has 0 unspecified atom stereocenters. The van der Waals surface area contributed by atoms with Gasteiger partial charge in [-0.3, -0.25) is 9.89 Å². The molecule has 6 heteroatoms. The van der Waals surface area contributed by atoms with Gasteiger partial charge in [-0.15, -0.1) is 0 Å². The summed E-state index contributed by atoms with van der Waals surface area (Å²) in [5.41, 5.74) is 1.42. The maximum atomic E-state index is 13.6. The predicted molar refractivity (Wildman–Crippen MR) is 75.4 cm³/mol. The molecule has 5 nitrogen and oxygen atoms in total. The van der Waals surface area contributed by atoms with Crippen molar-refractivity contribution in [2.45, 2.75) is 6.92 Å². The highest BCUT2D eigenvalue weighted by atomic mass is 19.1. The van der Waals surface area contributed by atoms with E-state index in [0.29, 0.717) is 22.7 Å².